The summed E-state index contributed by atoms with van der Waals surface area (Å²) in [7, 11) is 0. The third kappa shape index (κ3) is 4.68. The highest BCUT2D eigenvalue weighted by atomic mass is 16.6. The molecule has 0 fully saturated rings. The highest BCUT2D eigenvalue weighted by Crippen LogP contribution is 2.08. The van der Waals surface area contributed by atoms with Gasteiger partial charge in [-0.1, -0.05) is 0 Å². The predicted molar refractivity (Wildman–Crippen MR) is 40.8 cm³/mol. The van der Waals surface area contributed by atoms with E-state index in [0.29, 0.717) is 6.29 Å². The molecule has 0 aromatic heterocycles. The van der Waals surface area contributed by atoms with Gasteiger partial charge in [0.05, 0.1) is 0 Å². The van der Waals surface area contributed by atoms with Crippen molar-refractivity contribution in [3.63, 3.8) is 0 Å². The molecular formula is C7H13NO4. The maximum absolute atomic E-state index is 10.8. The molecule has 0 saturated carbocycles. The standard InChI is InChI=1S/C7H13NO4/c1-7(2,3)12-6(10)8(11)4-5-9/h5,11H,4H2,1-3H3. The number of nitrogens with zero attached hydrogens (tertiary/aromatic N) is 1. The van der Waals surface area contributed by atoms with E-state index in [1.165, 1.54) is 0 Å². The Labute approximate surface area is 70.9 Å². The van der Waals surface area contributed by atoms with Gasteiger partial charge in [-0.05, 0) is 20.8 Å². The van der Waals surface area contributed by atoms with Crippen molar-refractivity contribution in [2.45, 2.75) is 26.4 Å². The summed E-state index contributed by atoms with van der Waals surface area (Å²) in [6.45, 7) is 4.62. The molecule has 0 aliphatic carbocycles. The van der Waals surface area contributed by atoms with Gasteiger partial charge in [-0.3, -0.25) is 5.21 Å². The van der Waals surface area contributed by atoms with Crippen LogP contribution in [0.2, 0.25) is 0 Å². The summed E-state index contributed by atoms with van der Waals surface area (Å²) in [6.07, 6.45) is -0.515. The number of hydrogen-bond acceptors (Lipinski definition) is 4. The van der Waals surface area contributed by atoms with Gasteiger partial charge in [0.25, 0.3) is 0 Å². The normalized spacial score (nSPS) is 10.7. The predicted octanol–water partition coefficient (Wildman–Crippen LogP) is 0.812. The second kappa shape index (κ2) is 4.06. The summed E-state index contributed by atoms with van der Waals surface area (Å²) < 4.78 is 4.73. The molecule has 0 bridgehead atoms. The van der Waals surface area contributed by atoms with Crippen molar-refractivity contribution in [2.24, 2.45) is 0 Å². The van der Waals surface area contributed by atoms with Crippen molar-refractivity contribution < 1.29 is 19.5 Å². The number of hydroxylamine groups is 2. The lowest BCUT2D eigenvalue weighted by Gasteiger charge is -2.22. The van der Waals surface area contributed by atoms with Crippen LogP contribution in [0.5, 0.6) is 0 Å². The average molecular weight is 175 g/mol. The summed E-state index contributed by atoms with van der Waals surface area (Å²) in [6, 6.07) is 0. The van der Waals surface area contributed by atoms with Crippen LogP contribution < -0.4 is 0 Å². The SMILES string of the molecule is CC(C)(C)OC(=O)N(O)CC=O. The first-order chi connectivity index (χ1) is 5.37. The van der Waals surface area contributed by atoms with Crippen LogP contribution in [-0.4, -0.2) is 34.8 Å². The zero-order chi connectivity index (χ0) is 9.78. The lowest BCUT2D eigenvalue weighted by atomic mass is 10.2. The largest absolute Gasteiger partial charge is 0.442 e. The van der Waals surface area contributed by atoms with Crippen LogP contribution in [-0.2, 0) is 9.53 Å². The van der Waals surface area contributed by atoms with Gasteiger partial charge in [0.1, 0.15) is 18.4 Å². The number of rotatable bonds is 2. The van der Waals surface area contributed by atoms with E-state index in [1.807, 2.05) is 0 Å². The van der Waals surface area contributed by atoms with Gasteiger partial charge >= 0.3 is 6.09 Å². The van der Waals surface area contributed by atoms with Gasteiger partial charge in [-0.15, -0.1) is 0 Å². The lowest BCUT2D eigenvalue weighted by molar-refractivity contribution is -0.123. The van der Waals surface area contributed by atoms with Crippen LogP contribution in [0.4, 0.5) is 4.79 Å². The molecule has 0 aromatic carbocycles. The van der Waals surface area contributed by atoms with Gasteiger partial charge in [0.15, 0.2) is 0 Å². The van der Waals surface area contributed by atoms with Gasteiger partial charge < -0.3 is 9.53 Å². The molecular weight excluding hydrogens is 162 g/mol. The quantitative estimate of drug-likeness (QED) is 0.383. The Bertz CT molecular complexity index is 173. The summed E-state index contributed by atoms with van der Waals surface area (Å²) in [5.74, 6) is 0. The number of carbonyl (C=O) groups is 2. The number of ether oxygens (including phenoxy) is 1. The maximum Gasteiger partial charge on any atom is 0.434 e. The van der Waals surface area contributed by atoms with Crippen molar-refractivity contribution in [1.29, 1.82) is 0 Å². The molecule has 1 amide bonds. The van der Waals surface area contributed by atoms with Crippen molar-refractivity contribution in [1.82, 2.24) is 5.06 Å². The first kappa shape index (κ1) is 10.9. The topological polar surface area (TPSA) is 66.8 Å². The molecule has 0 aromatic rings. The van der Waals surface area contributed by atoms with Crippen molar-refractivity contribution in [3.8, 4) is 0 Å². The number of hydrogen-bond donors (Lipinski definition) is 1. The highest BCUT2D eigenvalue weighted by Gasteiger charge is 2.20. The van der Waals surface area contributed by atoms with Crippen LogP contribution in [0.3, 0.4) is 0 Å². The molecule has 0 unspecified atom stereocenters. The number of aldehydes is 1. The fourth-order valence-electron chi connectivity index (χ4n) is 0.460. The van der Waals surface area contributed by atoms with Crippen LogP contribution in [0.25, 0.3) is 0 Å². The molecule has 0 radical (unpaired) electrons. The molecule has 12 heavy (non-hydrogen) atoms. The molecule has 0 saturated heterocycles. The monoisotopic (exact) mass is 175 g/mol. The van der Waals surface area contributed by atoms with E-state index in [-0.39, 0.29) is 11.6 Å². The summed E-state index contributed by atoms with van der Waals surface area (Å²) in [4.78, 5) is 20.7. The van der Waals surface area contributed by atoms with E-state index < -0.39 is 11.7 Å². The van der Waals surface area contributed by atoms with Gasteiger partial charge in [-0.2, -0.15) is 5.06 Å². The molecule has 70 valence electrons. The second-order valence-electron chi connectivity index (χ2n) is 3.23. The molecule has 0 aliphatic heterocycles. The van der Waals surface area contributed by atoms with Crippen LogP contribution in [0.1, 0.15) is 20.8 Å². The third-order valence-electron chi connectivity index (χ3n) is 0.852. The van der Waals surface area contributed by atoms with Crippen molar-refractivity contribution in [3.05, 3.63) is 0 Å². The Kier molecular flexibility index (Phi) is 3.69. The van der Waals surface area contributed by atoms with Crippen LogP contribution in [0, 0.1) is 0 Å². The Morgan fingerprint density at radius 3 is 2.42 bits per heavy atom. The molecule has 0 aliphatic rings. The Morgan fingerprint density at radius 1 is 1.58 bits per heavy atom. The maximum atomic E-state index is 10.8. The van der Waals surface area contributed by atoms with Crippen LogP contribution >= 0.6 is 0 Å². The highest BCUT2D eigenvalue weighted by molar-refractivity contribution is 5.70. The zero-order valence-corrected chi connectivity index (χ0v) is 7.40. The molecule has 0 heterocycles. The van der Waals surface area contributed by atoms with Gasteiger partial charge in [-0.25, -0.2) is 4.79 Å². The number of carbonyl (C=O) groups excluding carboxylic acids is 2. The van der Waals surface area contributed by atoms with E-state index in [4.69, 9.17) is 9.94 Å². The molecule has 5 heteroatoms. The molecule has 0 rings (SSSR count). The zero-order valence-electron chi connectivity index (χ0n) is 7.40. The Morgan fingerprint density at radius 2 is 2.08 bits per heavy atom. The average Bonchev–Trinajstić information content (AvgIpc) is 1.84. The Balaban J connectivity index is 3.95. The minimum absolute atomic E-state index is 0.220. The molecule has 5 nitrogen and oxygen atoms in total. The summed E-state index contributed by atoms with van der Waals surface area (Å²) in [5.41, 5.74) is -0.666. The fraction of sp³-hybridized carbons (Fsp3) is 0.714. The van der Waals surface area contributed by atoms with Crippen molar-refractivity contribution in [2.75, 3.05) is 6.54 Å². The van der Waals surface area contributed by atoms with Crippen LogP contribution in [0.15, 0.2) is 0 Å². The molecule has 0 atom stereocenters. The molecule has 1 N–H and O–H groups in total. The third-order valence-corrected chi connectivity index (χ3v) is 0.852. The van der Waals surface area contributed by atoms with E-state index in [9.17, 15) is 9.59 Å². The van der Waals surface area contributed by atoms with E-state index in [0.717, 1.165) is 0 Å². The first-order valence-corrected chi connectivity index (χ1v) is 3.50. The summed E-state index contributed by atoms with van der Waals surface area (Å²) >= 11 is 0. The summed E-state index contributed by atoms with van der Waals surface area (Å²) in [5, 5.41) is 9.03. The smallest absolute Gasteiger partial charge is 0.434 e. The second-order valence-corrected chi connectivity index (χ2v) is 3.23. The first-order valence-electron chi connectivity index (χ1n) is 3.50. The van der Waals surface area contributed by atoms with Gasteiger partial charge in [0, 0.05) is 0 Å². The van der Waals surface area contributed by atoms with E-state index in [2.05, 4.69) is 0 Å². The lowest BCUT2D eigenvalue weighted by Crippen LogP contribution is -2.35. The minimum Gasteiger partial charge on any atom is -0.442 e. The number of amides is 1. The van der Waals surface area contributed by atoms with E-state index >= 15 is 0 Å². The minimum atomic E-state index is -0.922. The van der Waals surface area contributed by atoms with Crippen molar-refractivity contribution >= 4 is 12.4 Å². The van der Waals surface area contributed by atoms with Gasteiger partial charge in [0.2, 0.25) is 0 Å². The fourth-order valence-corrected chi connectivity index (χ4v) is 0.460. The van der Waals surface area contributed by atoms with E-state index in [1.54, 1.807) is 20.8 Å². The molecule has 0 spiro atoms. The Hall–Kier alpha value is -1.10.